The fraction of sp³-hybridized carbons (Fsp3) is 0.696. The summed E-state index contributed by atoms with van der Waals surface area (Å²) >= 11 is 3.74. The molecule has 1 heterocycles. The topological polar surface area (TPSA) is 40.0 Å². The Kier molecular flexibility index (Phi) is 5.54. The minimum atomic E-state index is -0.0103. The molecule has 1 aliphatic heterocycles. The molecule has 0 saturated heterocycles. The van der Waals surface area contributed by atoms with Crippen LogP contribution in [0.1, 0.15) is 71.9 Å². The van der Waals surface area contributed by atoms with E-state index in [1.807, 2.05) is 0 Å². The highest BCUT2D eigenvalue weighted by atomic mass is 79.9. The number of benzene rings is 1. The zero-order valence-electron chi connectivity index (χ0n) is 18.5. The van der Waals surface area contributed by atoms with Gasteiger partial charge in [-0.15, -0.1) is 0 Å². The Morgan fingerprint density at radius 2 is 1.75 bits per heavy atom. The van der Waals surface area contributed by atoms with Gasteiger partial charge in [-0.05, 0) is 45.7 Å². The van der Waals surface area contributed by atoms with Gasteiger partial charge in [0.05, 0.1) is 30.3 Å². The van der Waals surface area contributed by atoms with Crippen LogP contribution in [0.2, 0.25) is 0 Å². The molecule has 0 N–H and O–H groups in total. The maximum Gasteiger partial charge on any atom is 0.217 e. The summed E-state index contributed by atoms with van der Waals surface area (Å²) in [5, 5.41) is 0. The van der Waals surface area contributed by atoms with Crippen molar-refractivity contribution in [2.24, 2.45) is 15.8 Å². The van der Waals surface area contributed by atoms with Crippen molar-refractivity contribution < 1.29 is 14.2 Å². The highest BCUT2D eigenvalue weighted by Gasteiger charge is 2.48. The van der Waals surface area contributed by atoms with Crippen molar-refractivity contribution in [3.8, 4) is 11.5 Å². The molecule has 1 aliphatic carbocycles. The van der Waals surface area contributed by atoms with Crippen molar-refractivity contribution >= 4 is 21.8 Å². The molecule has 1 saturated carbocycles. The number of hydrogen-bond acceptors (Lipinski definition) is 4. The number of aliphatic imine (C=N–C) groups is 1. The Morgan fingerprint density at radius 1 is 1.11 bits per heavy atom. The van der Waals surface area contributed by atoms with Crippen molar-refractivity contribution in [1.29, 1.82) is 0 Å². The van der Waals surface area contributed by atoms with Gasteiger partial charge in [0, 0.05) is 11.0 Å². The molecule has 156 valence electrons. The molecule has 5 heteroatoms. The number of methoxy groups -OCH3 is 2. The third-order valence-corrected chi connectivity index (χ3v) is 7.82. The third-order valence-electron chi connectivity index (χ3n) is 7.03. The zero-order valence-corrected chi connectivity index (χ0v) is 20.1. The summed E-state index contributed by atoms with van der Waals surface area (Å²) in [6.45, 7) is 14.3. The van der Waals surface area contributed by atoms with Gasteiger partial charge < -0.3 is 14.2 Å². The van der Waals surface area contributed by atoms with Crippen LogP contribution in [0.15, 0.2) is 15.5 Å². The predicted molar refractivity (Wildman–Crippen MR) is 118 cm³/mol. The van der Waals surface area contributed by atoms with Gasteiger partial charge in [0.15, 0.2) is 11.5 Å². The van der Waals surface area contributed by atoms with Crippen LogP contribution >= 0.6 is 15.9 Å². The number of nitrogens with zero attached hydrogens (tertiary/aromatic N) is 1. The summed E-state index contributed by atoms with van der Waals surface area (Å²) in [7, 11) is 3.41. The number of ether oxygens (including phenoxy) is 3. The molecule has 0 radical (unpaired) electrons. The molecule has 0 spiro atoms. The smallest absolute Gasteiger partial charge is 0.217 e. The van der Waals surface area contributed by atoms with Gasteiger partial charge in [-0.3, -0.25) is 0 Å². The highest BCUT2D eigenvalue weighted by Crippen LogP contribution is 2.58. The van der Waals surface area contributed by atoms with Crippen LogP contribution in [-0.2, 0) is 10.2 Å². The van der Waals surface area contributed by atoms with Crippen LogP contribution in [0.4, 0.5) is 0 Å². The molecule has 0 amide bonds. The molecular weight excluding hydrogens is 418 g/mol. The maximum absolute atomic E-state index is 6.06. The van der Waals surface area contributed by atoms with Crippen LogP contribution in [0, 0.1) is 10.8 Å². The molecule has 28 heavy (non-hydrogen) atoms. The Balaban J connectivity index is 2.21. The molecule has 4 nitrogen and oxygen atoms in total. The van der Waals surface area contributed by atoms with Crippen molar-refractivity contribution in [2.45, 2.75) is 72.3 Å². The Bertz CT molecular complexity index is 794. The minimum Gasteiger partial charge on any atom is -0.493 e. The lowest BCUT2D eigenvalue weighted by Crippen LogP contribution is -2.34. The van der Waals surface area contributed by atoms with Crippen molar-refractivity contribution in [3.63, 3.8) is 0 Å². The summed E-state index contributed by atoms with van der Waals surface area (Å²) in [5.74, 6) is 2.21. The predicted octanol–water partition coefficient (Wildman–Crippen LogP) is 6.13. The van der Waals surface area contributed by atoms with Crippen LogP contribution in [0.25, 0.3) is 0 Å². The van der Waals surface area contributed by atoms with Crippen LogP contribution in [-0.4, -0.2) is 32.8 Å². The van der Waals surface area contributed by atoms with Crippen LogP contribution < -0.4 is 9.47 Å². The number of hydrogen-bond donors (Lipinski definition) is 0. The van der Waals surface area contributed by atoms with Gasteiger partial charge in [-0.2, -0.15) is 0 Å². The van der Waals surface area contributed by atoms with Crippen molar-refractivity contribution in [3.05, 3.63) is 21.7 Å². The van der Waals surface area contributed by atoms with E-state index in [-0.39, 0.29) is 22.3 Å². The van der Waals surface area contributed by atoms with E-state index in [1.165, 1.54) is 18.4 Å². The van der Waals surface area contributed by atoms with E-state index in [2.05, 4.69) is 63.5 Å². The second-order valence-corrected chi connectivity index (χ2v) is 10.8. The molecule has 0 aromatic heterocycles. The van der Waals surface area contributed by atoms with Gasteiger partial charge >= 0.3 is 0 Å². The molecule has 1 aromatic carbocycles. The SMILES string of the molecule is COc1c([C@@]2(C)CCCC2(C)C)cc(C2=N[C@@H](C(C)(C)C)CO2)c(Br)c1OC. The lowest BCUT2D eigenvalue weighted by Gasteiger charge is -2.40. The van der Waals surface area contributed by atoms with E-state index in [9.17, 15) is 0 Å². The van der Waals surface area contributed by atoms with Gasteiger partial charge in [0.1, 0.15) is 6.61 Å². The summed E-state index contributed by atoms with van der Waals surface area (Å²) in [6, 6.07) is 2.35. The van der Waals surface area contributed by atoms with E-state index in [1.54, 1.807) is 14.2 Å². The molecule has 1 aromatic rings. The third kappa shape index (κ3) is 3.34. The summed E-state index contributed by atoms with van der Waals surface area (Å²) in [6.07, 6.45) is 3.53. The zero-order chi connectivity index (χ0) is 20.9. The molecule has 3 rings (SSSR count). The molecule has 0 unspecified atom stereocenters. The summed E-state index contributed by atoms with van der Waals surface area (Å²) in [4.78, 5) is 4.92. The van der Waals surface area contributed by atoms with Crippen LogP contribution in [0.5, 0.6) is 11.5 Å². The van der Waals surface area contributed by atoms with Crippen molar-refractivity contribution in [1.82, 2.24) is 0 Å². The van der Waals surface area contributed by atoms with E-state index in [0.29, 0.717) is 18.3 Å². The standard InChI is InChI=1S/C23H34BrNO3/c1-21(2,3)16-13-28-20(25-16)14-12-15(18(26-7)19(27-8)17(14)24)23(6)11-9-10-22(23,4)5/h12,16H,9-11,13H2,1-8H3/t16-,23-/m1/s1. The first kappa shape index (κ1) is 21.5. The van der Waals surface area contributed by atoms with Gasteiger partial charge in [0.2, 0.25) is 5.90 Å². The van der Waals surface area contributed by atoms with Gasteiger partial charge in [0.25, 0.3) is 0 Å². The Morgan fingerprint density at radius 3 is 2.21 bits per heavy atom. The van der Waals surface area contributed by atoms with Crippen LogP contribution in [0.3, 0.4) is 0 Å². The Labute approximate surface area is 178 Å². The largest absolute Gasteiger partial charge is 0.493 e. The molecular formula is C23H34BrNO3. The fourth-order valence-corrected chi connectivity index (χ4v) is 5.16. The van der Waals surface area contributed by atoms with E-state index >= 15 is 0 Å². The summed E-state index contributed by atoms with van der Waals surface area (Å²) < 4.78 is 18.6. The minimum absolute atomic E-state index is 0.0103. The maximum atomic E-state index is 6.06. The monoisotopic (exact) mass is 451 g/mol. The van der Waals surface area contributed by atoms with E-state index in [0.717, 1.165) is 22.2 Å². The quantitative estimate of drug-likeness (QED) is 0.552. The molecule has 2 atom stereocenters. The lowest BCUT2D eigenvalue weighted by molar-refractivity contribution is 0.216. The first-order valence-corrected chi connectivity index (χ1v) is 10.9. The van der Waals surface area contributed by atoms with Crippen molar-refractivity contribution in [2.75, 3.05) is 20.8 Å². The second-order valence-electron chi connectivity index (χ2n) is 10.0. The summed E-state index contributed by atoms with van der Waals surface area (Å²) in [5.41, 5.74) is 2.35. The fourth-order valence-electron chi connectivity index (χ4n) is 4.53. The van der Waals surface area contributed by atoms with Gasteiger partial charge in [-0.25, -0.2) is 4.99 Å². The first-order valence-electron chi connectivity index (χ1n) is 10.1. The number of halogens is 1. The van der Waals surface area contributed by atoms with Gasteiger partial charge in [-0.1, -0.05) is 48.0 Å². The van der Waals surface area contributed by atoms with E-state index < -0.39 is 0 Å². The molecule has 0 bridgehead atoms. The molecule has 1 fully saturated rings. The lowest BCUT2D eigenvalue weighted by atomic mass is 9.65. The Hall–Kier alpha value is -1.23. The normalized spacial score (nSPS) is 26.8. The second kappa shape index (κ2) is 7.23. The number of rotatable bonds is 4. The first-order chi connectivity index (χ1) is 13.0. The van der Waals surface area contributed by atoms with E-state index in [4.69, 9.17) is 19.2 Å². The molecule has 2 aliphatic rings. The average molecular weight is 452 g/mol. The highest BCUT2D eigenvalue weighted by molar-refractivity contribution is 9.10. The average Bonchev–Trinajstić information content (AvgIpc) is 3.19.